The smallest absolute Gasteiger partial charge is 0.425 e. The summed E-state index contributed by atoms with van der Waals surface area (Å²) >= 11 is 0. The summed E-state index contributed by atoms with van der Waals surface area (Å²) in [6, 6.07) is 3.74. The van der Waals surface area contributed by atoms with Crippen molar-refractivity contribution >= 4 is 17.7 Å². The molecule has 1 aromatic rings. The fourth-order valence-corrected chi connectivity index (χ4v) is 4.81. The lowest BCUT2D eigenvalue weighted by Gasteiger charge is -2.39. The number of carbonyl (C=O) groups excluding carboxylic acids is 1. The summed E-state index contributed by atoms with van der Waals surface area (Å²) in [5.74, 6) is -0.979. The van der Waals surface area contributed by atoms with Crippen molar-refractivity contribution in [1.82, 2.24) is 9.80 Å². The van der Waals surface area contributed by atoms with Gasteiger partial charge in [-0.3, -0.25) is 9.69 Å². The third-order valence-electron chi connectivity index (χ3n) is 6.96. The second kappa shape index (κ2) is 11.4. The van der Waals surface area contributed by atoms with Gasteiger partial charge in [-0.25, -0.2) is 4.79 Å². The Bertz CT molecular complexity index is 961. The first-order valence-electron chi connectivity index (χ1n) is 12.1. The zero-order chi connectivity index (χ0) is 27.4. The van der Waals surface area contributed by atoms with E-state index in [2.05, 4.69) is 10.1 Å². The summed E-state index contributed by atoms with van der Waals surface area (Å²) in [6.07, 6.45) is -10.3. The normalized spacial score (nSPS) is 19.2. The van der Waals surface area contributed by atoms with Crippen LogP contribution in [0.3, 0.4) is 0 Å². The lowest BCUT2D eigenvalue weighted by molar-refractivity contribution is -0.200. The molecule has 2 fully saturated rings. The quantitative estimate of drug-likeness (QED) is 0.342. The Hall–Kier alpha value is -2.70. The molecule has 37 heavy (non-hydrogen) atoms. The number of likely N-dealkylation sites (tertiary alicyclic amines) is 2. The third kappa shape index (κ3) is 8.14. The number of piperidine rings is 1. The fraction of sp³-hybridized carbons (Fsp3) is 0.667. The van der Waals surface area contributed by atoms with Gasteiger partial charge in [-0.15, -0.1) is 0 Å². The van der Waals surface area contributed by atoms with E-state index in [0.717, 1.165) is 25.5 Å². The molecule has 1 atom stereocenters. The van der Waals surface area contributed by atoms with Crippen molar-refractivity contribution in [3.63, 3.8) is 0 Å². The van der Waals surface area contributed by atoms with Gasteiger partial charge in [-0.2, -0.15) is 26.3 Å². The molecule has 2 heterocycles. The summed E-state index contributed by atoms with van der Waals surface area (Å²) in [7, 11) is 0. The van der Waals surface area contributed by atoms with E-state index in [1.165, 1.54) is 4.90 Å². The first-order valence-corrected chi connectivity index (χ1v) is 12.1. The SMILES string of the molecule is CC(OC(=O)N1CCC2(CCN(Cc3cc(NCCCC(=O)O)cc(C(F)(F)F)c3)C2)CC1)C(F)(F)F. The number of amides is 1. The Balaban J connectivity index is 1.58. The minimum atomic E-state index is -4.63. The molecule has 0 radical (unpaired) electrons. The predicted octanol–water partition coefficient (Wildman–Crippen LogP) is 5.36. The summed E-state index contributed by atoms with van der Waals surface area (Å²) in [5, 5.41) is 11.6. The molecule has 13 heteroatoms. The number of carboxylic acids is 1. The minimum Gasteiger partial charge on any atom is -0.481 e. The van der Waals surface area contributed by atoms with E-state index in [0.29, 0.717) is 31.5 Å². The van der Waals surface area contributed by atoms with Crippen molar-refractivity contribution in [2.75, 3.05) is 38.0 Å². The molecule has 7 nitrogen and oxygen atoms in total. The Morgan fingerprint density at radius 2 is 1.73 bits per heavy atom. The molecule has 1 unspecified atom stereocenters. The zero-order valence-corrected chi connectivity index (χ0v) is 20.4. The zero-order valence-electron chi connectivity index (χ0n) is 20.4. The van der Waals surface area contributed by atoms with Crippen LogP contribution in [0.1, 0.15) is 50.2 Å². The molecule has 0 aromatic heterocycles. The first kappa shape index (κ1) is 28.9. The van der Waals surface area contributed by atoms with E-state index in [1.54, 1.807) is 6.07 Å². The molecule has 208 valence electrons. The number of nitrogens with one attached hydrogen (secondary N) is 1. The highest BCUT2D eigenvalue weighted by atomic mass is 19.4. The van der Waals surface area contributed by atoms with Gasteiger partial charge >= 0.3 is 24.4 Å². The standard InChI is InChI=1S/C24H31F6N3O4/c1-16(23(25,26)27)37-21(36)33-9-5-22(6-10-33)4-8-32(15-22)14-17-11-18(24(28,29)30)13-19(12-17)31-7-2-3-20(34)35/h11-13,16,31H,2-10,14-15H2,1H3,(H,34,35). The maximum atomic E-state index is 13.5. The van der Waals surface area contributed by atoms with Gasteiger partial charge in [0.25, 0.3) is 0 Å². The van der Waals surface area contributed by atoms with Crippen molar-refractivity contribution < 1.29 is 45.8 Å². The summed E-state index contributed by atoms with van der Waals surface area (Å²) < 4.78 is 82.9. The maximum absolute atomic E-state index is 13.5. The highest BCUT2D eigenvalue weighted by Crippen LogP contribution is 2.41. The van der Waals surface area contributed by atoms with Crippen LogP contribution < -0.4 is 5.32 Å². The van der Waals surface area contributed by atoms with Crippen LogP contribution in [0.15, 0.2) is 18.2 Å². The van der Waals surface area contributed by atoms with E-state index in [9.17, 15) is 35.9 Å². The van der Waals surface area contributed by atoms with Gasteiger partial charge in [0.05, 0.1) is 5.56 Å². The van der Waals surface area contributed by atoms with Gasteiger partial charge in [0.2, 0.25) is 0 Å². The second-order valence-corrected chi connectivity index (χ2v) is 9.86. The number of ether oxygens (including phenoxy) is 1. The topological polar surface area (TPSA) is 82.1 Å². The van der Waals surface area contributed by atoms with E-state index in [1.807, 2.05) is 4.90 Å². The van der Waals surface area contributed by atoms with Gasteiger partial charge in [0.1, 0.15) is 0 Å². The molecule has 1 amide bonds. The molecule has 2 aliphatic rings. The summed E-state index contributed by atoms with van der Waals surface area (Å²) in [4.78, 5) is 26.1. The molecule has 2 aliphatic heterocycles. The molecule has 0 saturated carbocycles. The lowest BCUT2D eigenvalue weighted by Crippen LogP contribution is -2.46. The summed E-state index contributed by atoms with van der Waals surface area (Å²) in [5.41, 5.74) is -0.218. The van der Waals surface area contributed by atoms with Crippen molar-refractivity contribution in [3.8, 4) is 0 Å². The van der Waals surface area contributed by atoms with Gasteiger partial charge in [-0.05, 0) is 68.3 Å². The van der Waals surface area contributed by atoms with Crippen LogP contribution in [0.5, 0.6) is 0 Å². The molecule has 2 saturated heterocycles. The number of halogens is 6. The maximum Gasteiger partial charge on any atom is 0.425 e. The van der Waals surface area contributed by atoms with E-state index >= 15 is 0 Å². The highest BCUT2D eigenvalue weighted by molar-refractivity contribution is 5.68. The number of nitrogens with zero attached hydrogens (tertiary/aromatic N) is 2. The average molecular weight is 540 g/mol. The Morgan fingerprint density at radius 1 is 1.08 bits per heavy atom. The number of hydrogen-bond donors (Lipinski definition) is 2. The number of rotatable bonds is 8. The van der Waals surface area contributed by atoms with Crippen LogP contribution in [0.2, 0.25) is 0 Å². The van der Waals surface area contributed by atoms with E-state index < -0.39 is 36.1 Å². The molecule has 1 spiro atoms. The Morgan fingerprint density at radius 3 is 2.32 bits per heavy atom. The first-order chi connectivity index (χ1) is 17.2. The van der Waals surface area contributed by atoms with Crippen LogP contribution in [-0.2, 0) is 22.3 Å². The number of hydrogen-bond acceptors (Lipinski definition) is 5. The van der Waals surface area contributed by atoms with Gasteiger partial charge in [-0.1, -0.05) is 0 Å². The van der Waals surface area contributed by atoms with Crippen LogP contribution in [-0.4, -0.2) is 72.0 Å². The lowest BCUT2D eigenvalue weighted by atomic mass is 9.78. The van der Waals surface area contributed by atoms with Crippen LogP contribution in [0, 0.1) is 5.41 Å². The number of anilines is 1. The highest BCUT2D eigenvalue weighted by Gasteiger charge is 2.44. The summed E-state index contributed by atoms with van der Waals surface area (Å²) in [6.45, 7) is 3.05. The monoisotopic (exact) mass is 539 g/mol. The Labute approximate surface area is 210 Å². The third-order valence-corrected chi connectivity index (χ3v) is 6.96. The van der Waals surface area contributed by atoms with Crippen LogP contribution in [0.25, 0.3) is 0 Å². The van der Waals surface area contributed by atoms with Gasteiger partial charge in [0.15, 0.2) is 6.10 Å². The number of carboxylic acid groups (broad SMARTS) is 1. The van der Waals surface area contributed by atoms with Gasteiger partial charge < -0.3 is 20.1 Å². The van der Waals surface area contributed by atoms with E-state index in [-0.39, 0.29) is 50.1 Å². The molecular formula is C24H31F6N3O4. The van der Waals surface area contributed by atoms with Crippen molar-refractivity contribution in [1.29, 1.82) is 0 Å². The largest absolute Gasteiger partial charge is 0.481 e. The van der Waals surface area contributed by atoms with E-state index in [4.69, 9.17) is 5.11 Å². The average Bonchev–Trinajstić information content (AvgIpc) is 3.17. The predicted molar refractivity (Wildman–Crippen MR) is 122 cm³/mol. The fourth-order valence-electron chi connectivity index (χ4n) is 4.81. The van der Waals surface area contributed by atoms with Crippen molar-refractivity contribution in [3.05, 3.63) is 29.3 Å². The van der Waals surface area contributed by atoms with Crippen LogP contribution >= 0.6 is 0 Å². The molecule has 0 aliphatic carbocycles. The Kier molecular flexibility index (Phi) is 8.86. The number of benzene rings is 1. The molecule has 0 bridgehead atoms. The molecular weight excluding hydrogens is 508 g/mol. The molecule has 1 aromatic carbocycles. The van der Waals surface area contributed by atoms with Gasteiger partial charge in [0, 0.05) is 44.8 Å². The second-order valence-electron chi connectivity index (χ2n) is 9.86. The number of alkyl halides is 6. The molecule has 2 N–H and O–H groups in total. The number of aliphatic carboxylic acids is 1. The number of carbonyl (C=O) groups is 2. The molecule has 3 rings (SSSR count). The van der Waals surface area contributed by atoms with Crippen molar-refractivity contribution in [2.45, 2.75) is 64.0 Å². The van der Waals surface area contributed by atoms with Crippen LogP contribution in [0.4, 0.5) is 36.8 Å². The van der Waals surface area contributed by atoms with Crippen molar-refractivity contribution in [2.24, 2.45) is 5.41 Å². The minimum absolute atomic E-state index is 0.0921.